The number of piperazine rings is 1. The van der Waals surface area contributed by atoms with Crippen LogP contribution in [0.2, 0.25) is 0 Å². The predicted molar refractivity (Wildman–Crippen MR) is 104 cm³/mol. The maximum atomic E-state index is 12.5. The lowest BCUT2D eigenvalue weighted by Gasteiger charge is -2.38. The van der Waals surface area contributed by atoms with E-state index in [2.05, 4.69) is 35.4 Å². The number of rotatable bonds is 8. The van der Waals surface area contributed by atoms with Crippen LogP contribution >= 0.6 is 0 Å². The van der Waals surface area contributed by atoms with Gasteiger partial charge in [0.2, 0.25) is 10.0 Å². The van der Waals surface area contributed by atoms with Crippen LogP contribution in [-0.2, 0) is 15.8 Å². The van der Waals surface area contributed by atoms with Crippen LogP contribution in [-0.4, -0.2) is 64.0 Å². The number of likely N-dealkylation sites (N-methyl/N-ethyl adjacent to an activating group) is 1. The topological polar surface area (TPSA) is 52.7 Å². The molecule has 0 saturated carbocycles. The third-order valence-electron chi connectivity index (χ3n) is 4.81. The summed E-state index contributed by atoms with van der Waals surface area (Å²) in [4.78, 5) is 4.76. The fourth-order valence-corrected chi connectivity index (χ4v) is 4.45. The first kappa shape index (κ1) is 20.4. The van der Waals surface area contributed by atoms with Gasteiger partial charge in [0.1, 0.15) is 0 Å². The molecule has 0 spiro atoms. The Hall–Kier alpha value is -0.950. The second-order valence-corrected chi connectivity index (χ2v) is 9.52. The smallest absolute Gasteiger partial charge is 0.215 e. The quantitative estimate of drug-likeness (QED) is 0.764. The van der Waals surface area contributed by atoms with Crippen molar-refractivity contribution in [1.82, 2.24) is 14.5 Å². The first-order valence-electron chi connectivity index (χ1n) is 9.20. The van der Waals surface area contributed by atoms with Crippen molar-refractivity contribution in [1.29, 1.82) is 0 Å². The molecule has 1 fully saturated rings. The number of benzene rings is 1. The van der Waals surface area contributed by atoms with Gasteiger partial charge in [-0.15, -0.1) is 0 Å². The van der Waals surface area contributed by atoms with E-state index in [1.807, 2.05) is 31.2 Å². The summed E-state index contributed by atoms with van der Waals surface area (Å²) in [6.07, 6.45) is 1.01. The number of nitrogens with zero attached hydrogens (tertiary/aromatic N) is 2. The SMILES string of the molecule is Cc1ccc(CS(=O)(=O)NCC(CC(C)C)N2CCN(C)CC2)cc1. The highest BCUT2D eigenvalue weighted by Crippen LogP contribution is 2.14. The standard InChI is InChI=1S/C19H33N3O2S/c1-16(2)13-19(22-11-9-21(4)10-12-22)14-20-25(23,24)15-18-7-5-17(3)6-8-18/h5-8,16,19-20H,9-15H2,1-4H3. The van der Waals surface area contributed by atoms with Gasteiger partial charge >= 0.3 is 0 Å². The zero-order valence-corrected chi connectivity index (χ0v) is 16.8. The van der Waals surface area contributed by atoms with Gasteiger partial charge < -0.3 is 4.90 Å². The van der Waals surface area contributed by atoms with E-state index in [4.69, 9.17) is 0 Å². The monoisotopic (exact) mass is 367 g/mol. The Labute approximate surface area is 153 Å². The van der Waals surface area contributed by atoms with Gasteiger partial charge in [-0.1, -0.05) is 43.7 Å². The van der Waals surface area contributed by atoms with E-state index >= 15 is 0 Å². The van der Waals surface area contributed by atoms with Crippen LogP contribution in [0.15, 0.2) is 24.3 Å². The van der Waals surface area contributed by atoms with Crippen molar-refractivity contribution in [3.63, 3.8) is 0 Å². The first-order valence-corrected chi connectivity index (χ1v) is 10.9. The van der Waals surface area contributed by atoms with Crippen LogP contribution in [0.1, 0.15) is 31.4 Å². The fraction of sp³-hybridized carbons (Fsp3) is 0.684. The third-order valence-corrected chi connectivity index (χ3v) is 6.13. The number of hydrogen-bond donors (Lipinski definition) is 1. The van der Waals surface area contributed by atoms with Crippen molar-refractivity contribution in [2.24, 2.45) is 5.92 Å². The summed E-state index contributed by atoms with van der Waals surface area (Å²) in [5.74, 6) is 0.594. The molecule has 1 aliphatic heterocycles. The lowest BCUT2D eigenvalue weighted by Crippen LogP contribution is -2.52. The molecule has 0 bridgehead atoms. The van der Waals surface area contributed by atoms with Crippen LogP contribution < -0.4 is 4.72 Å². The zero-order valence-electron chi connectivity index (χ0n) is 16.0. The Morgan fingerprint density at radius 1 is 1.08 bits per heavy atom. The van der Waals surface area contributed by atoms with Crippen molar-refractivity contribution in [2.75, 3.05) is 39.8 Å². The lowest BCUT2D eigenvalue weighted by molar-refractivity contribution is 0.102. The normalized spacial score (nSPS) is 18.6. The van der Waals surface area contributed by atoms with Gasteiger partial charge in [0, 0.05) is 38.8 Å². The van der Waals surface area contributed by atoms with Crippen LogP contribution in [0.3, 0.4) is 0 Å². The summed E-state index contributed by atoms with van der Waals surface area (Å²) in [6.45, 7) is 11.0. The highest BCUT2D eigenvalue weighted by Gasteiger charge is 2.24. The zero-order chi connectivity index (χ0) is 18.4. The second-order valence-electron chi connectivity index (χ2n) is 7.72. The average molecular weight is 368 g/mol. The Morgan fingerprint density at radius 3 is 2.24 bits per heavy atom. The van der Waals surface area contributed by atoms with E-state index in [0.29, 0.717) is 12.5 Å². The predicted octanol–water partition coefficient (Wildman–Crippen LogP) is 2.08. The van der Waals surface area contributed by atoms with Crippen LogP contribution in [0.4, 0.5) is 0 Å². The molecule has 1 heterocycles. The molecule has 5 nitrogen and oxygen atoms in total. The molecule has 1 aromatic rings. The average Bonchev–Trinajstić information content (AvgIpc) is 2.54. The largest absolute Gasteiger partial charge is 0.304 e. The van der Waals surface area contributed by atoms with Crippen molar-refractivity contribution in [2.45, 2.75) is 39.0 Å². The van der Waals surface area contributed by atoms with E-state index in [1.54, 1.807) is 0 Å². The third kappa shape index (κ3) is 7.05. The van der Waals surface area contributed by atoms with Gasteiger partial charge in [-0.25, -0.2) is 13.1 Å². The molecule has 1 aliphatic rings. The molecule has 1 atom stereocenters. The van der Waals surface area contributed by atoms with E-state index < -0.39 is 10.0 Å². The lowest BCUT2D eigenvalue weighted by atomic mass is 10.0. The molecule has 1 N–H and O–H groups in total. The summed E-state index contributed by atoms with van der Waals surface area (Å²) < 4.78 is 27.8. The maximum Gasteiger partial charge on any atom is 0.215 e. The molecular weight excluding hydrogens is 334 g/mol. The molecule has 0 radical (unpaired) electrons. The molecule has 0 aromatic heterocycles. The molecule has 1 aromatic carbocycles. The highest BCUT2D eigenvalue weighted by molar-refractivity contribution is 7.88. The summed E-state index contributed by atoms with van der Waals surface area (Å²) in [7, 11) is -1.18. The van der Waals surface area contributed by atoms with Crippen molar-refractivity contribution in [3.8, 4) is 0 Å². The minimum absolute atomic E-state index is 0.0460. The van der Waals surface area contributed by atoms with E-state index in [1.165, 1.54) is 0 Å². The van der Waals surface area contributed by atoms with E-state index in [0.717, 1.165) is 43.7 Å². The van der Waals surface area contributed by atoms with Gasteiger partial charge in [-0.3, -0.25) is 4.90 Å². The Morgan fingerprint density at radius 2 is 1.68 bits per heavy atom. The number of aryl methyl sites for hydroxylation is 1. The molecular formula is C19H33N3O2S. The summed E-state index contributed by atoms with van der Waals surface area (Å²) in [5, 5.41) is 0. The molecule has 0 amide bonds. The summed E-state index contributed by atoms with van der Waals surface area (Å²) >= 11 is 0. The number of sulfonamides is 1. The Bertz CT molecular complexity index is 621. The molecule has 1 unspecified atom stereocenters. The van der Waals surface area contributed by atoms with Crippen LogP contribution in [0.5, 0.6) is 0 Å². The van der Waals surface area contributed by atoms with Gasteiger partial charge in [-0.2, -0.15) is 0 Å². The van der Waals surface area contributed by atoms with Gasteiger partial charge in [0.25, 0.3) is 0 Å². The number of nitrogens with one attached hydrogen (secondary N) is 1. The van der Waals surface area contributed by atoms with Crippen molar-refractivity contribution in [3.05, 3.63) is 35.4 Å². The van der Waals surface area contributed by atoms with E-state index in [9.17, 15) is 8.42 Å². The van der Waals surface area contributed by atoms with Gasteiger partial charge in [-0.05, 0) is 31.9 Å². The molecule has 142 valence electrons. The number of hydrogen-bond acceptors (Lipinski definition) is 4. The molecule has 1 saturated heterocycles. The summed E-state index contributed by atoms with van der Waals surface area (Å²) in [6, 6.07) is 7.95. The second kappa shape index (κ2) is 9.12. The molecule has 0 aliphatic carbocycles. The molecule has 6 heteroatoms. The fourth-order valence-electron chi connectivity index (χ4n) is 3.27. The maximum absolute atomic E-state index is 12.5. The van der Waals surface area contributed by atoms with E-state index in [-0.39, 0.29) is 11.8 Å². The van der Waals surface area contributed by atoms with Gasteiger partial charge in [0.05, 0.1) is 5.75 Å². The Balaban J connectivity index is 1.94. The van der Waals surface area contributed by atoms with Crippen LogP contribution in [0, 0.1) is 12.8 Å². The Kier molecular flexibility index (Phi) is 7.43. The molecule has 2 rings (SSSR count). The minimum Gasteiger partial charge on any atom is -0.304 e. The van der Waals surface area contributed by atoms with Crippen LogP contribution in [0.25, 0.3) is 0 Å². The first-order chi connectivity index (χ1) is 11.7. The van der Waals surface area contributed by atoms with Crippen molar-refractivity contribution >= 4 is 10.0 Å². The van der Waals surface area contributed by atoms with Gasteiger partial charge in [0.15, 0.2) is 0 Å². The summed E-state index contributed by atoms with van der Waals surface area (Å²) in [5.41, 5.74) is 1.97. The highest BCUT2D eigenvalue weighted by atomic mass is 32.2. The minimum atomic E-state index is -3.31. The van der Waals surface area contributed by atoms with Crippen molar-refractivity contribution < 1.29 is 8.42 Å². The molecule has 25 heavy (non-hydrogen) atoms.